The van der Waals surface area contributed by atoms with Crippen LogP contribution in [-0.4, -0.2) is 48.1 Å². The zero-order valence-corrected chi connectivity index (χ0v) is 19.9. The number of amides is 4. The van der Waals surface area contributed by atoms with Gasteiger partial charge >= 0.3 is 6.03 Å². The SMILES string of the molecule is COc1ccc(-n2c(C)cc(/C=C3/NC(=O)N(CC(=O)Nc4ccccc4OC)C3=O)c2C)cc1. The van der Waals surface area contributed by atoms with Crippen LogP contribution in [0.2, 0.25) is 0 Å². The van der Waals surface area contributed by atoms with Crippen LogP contribution in [0.5, 0.6) is 11.5 Å². The number of nitrogens with zero attached hydrogens (tertiary/aromatic N) is 2. The van der Waals surface area contributed by atoms with E-state index >= 15 is 0 Å². The van der Waals surface area contributed by atoms with E-state index in [2.05, 4.69) is 10.6 Å². The molecule has 0 atom stereocenters. The van der Waals surface area contributed by atoms with Crippen molar-refractivity contribution >= 4 is 29.6 Å². The van der Waals surface area contributed by atoms with Gasteiger partial charge in [0, 0.05) is 17.1 Å². The quantitative estimate of drug-likeness (QED) is 0.402. The first-order valence-electron chi connectivity index (χ1n) is 10.9. The van der Waals surface area contributed by atoms with Crippen molar-refractivity contribution in [2.24, 2.45) is 0 Å². The molecule has 9 heteroatoms. The molecule has 2 N–H and O–H groups in total. The molecule has 35 heavy (non-hydrogen) atoms. The van der Waals surface area contributed by atoms with Crippen molar-refractivity contribution in [1.82, 2.24) is 14.8 Å². The maximum Gasteiger partial charge on any atom is 0.329 e. The summed E-state index contributed by atoms with van der Waals surface area (Å²) in [7, 11) is 3.11. The summed E-state index contributed by atoms with van der Waals surface area (Å²) in [6.45, 7) is 3.47. The standard InChI is InChI=1S/C26H26N4O5/c1-16-13-18(17(2)30(16)19-9-11-20(34-3)12-10-19)14-22-25(32)29(26(33)28-22)15-24(31)27-21-7-5-6-8-23(21)35-4/h5-14H,15H2,1-4H3,(H,27,31)(H,28,33)/b22-14+. The lowest BCUT2D eigenvalue weighted by molar-refractivity contribution is -0.127. The predicted molar refractivity (Wildman–Crippen MR) is 132 cm³/mol. The lowest BCUT2D eigenvalue weighted by Crippen LogP contribution is -2.38. The van der Waals surface area contributed by atoms with Gasteiger partial charge in [-0.1, -0.05) is 12.1 Å². The van der Waals surface area contributed by atoms with Crippen LogP contribution in [0.1, 0.15) is 17.0 Å². The van der Waals surface area contributed by atoms with Crippen LogP contribution in [-0.2, 0) is 9.59 Å². The van der Waals surface area contributed by atoms with E-state index in [0.29, 0.717) is 11.4 Å². The number of nitrogens with one attached hydrogen (secondary N) is 2. The smallest absolute Gasteiger partial charge is 0.329 e. The van der Waals surface area contributed by atoms with Crippen molar-refractivity contribution < 1.29 is 23.9 Å². The molecule has 2 heterocycles. The highest BCUT2D eigenvalue weighted by molar-refractivity contribution is 6.16. The Labute approximate surface area is 202 Å². The van der Waals surface area contributed by atoms with E-state index in [1.165, 1.54) is 7.11 Å². The highest BCUT2D eigenvalue weighted by Gasteiger charge is 2.35. The number of urea groups is 1. The largest absolute Gasteiger partial charge is 0.497 e. The molecular formula is C26H26N4O5. The van der Waals surface area contributed by atoms with Crippen LogP contribution < -0.4 is 20.1 Å². The number of imide groups is 1. The fraction of sp³-hybridized carbons (Fsp3) is 0.192. The van der Waals surface area contributed by atoms with E-state index in [1.54, 1.807) is 37.5 Å². The molecule has 0 saturated carbocycles. The molecular weight excluding hydrogens is 448 g/mol. The van der Waals surface area contributed by atoms with Gasteiger partial charge in [0.1, 0.15) is 23.7 Å². The van der Waals surface area contributed by atoms with Crippen LogP contribution in [0.15, 0.2) is 60.3 Å². The van der Waals surface area contributed by atoms with Crippen LogP contribution in [0, 0.1) is 13.8 Å². The van der Waals surface area contributed by atoms with Gasteiger partial charge in [0.25, 0.3) is 5.91 Å². The number of methoxy groups -OCH3 is 2. The topological polar surface area (TPSA) is 102 Å². The summed E-state index contributed by atoms with van der Waals surface area (Å²) in [5.74, 6) is 0.148. The van der Waals surface area contributed by atoms with Gasteiger partial charge in [-0.3, -0.25) is 9.59 Å². The molecule has 4 amide bonds. The van der Waals surface area contributed by atoms with E-state index in [-0.39, 0.29) is 5.70 Å². The second-order valence-corrected chi connectivity index (χ2v) is 7.99. The van der Waals surface area contributed by atoms with E-state index in [4.69, 9.17) is 9.47 Å². The number of hydrogen-bond donors (Lipinski definition) is 2. The van der Waals surface area contributed by atoms with E-state index < -0.39 is 24.4 Å². The molecule has 4 rings (SSSR count). The summed E-state index contributed by atoms with van der Waals surface area (Å²) in [6.07, 6.45) is 1.63. The summed E-state index contributed by atoms with van der Waals surface area (Å²) in [5, 5.41) is 5.24. The molecule has 1 fully saturated rings. The molecule has 0 aliphatic carbocycles. The van der Waals surface area contributed by atoms with Crippen LogP contribution in [0.4, 0.5) is 10.5 Å². The van der Waals surface area contributed by atoms with Gasteiger partial charge in [0.2, 0.25) is 5.91 Å². The molecule has 1 aromatic heterocycles. The van der Waals surface area contributed by atoms with Crippen LogP contribution in [0.3, 0.4) is 0 Å². The Balaban J connectivity index is 1.52. The third-order valence-corrected chi connectivity index (χ3v) is 5.75. The molecule has 180 valence electrons. The Kier molecular flexibility index (Phi) is 6.59. The minimum Gasteiger partial charge on any atom is -0.497 e. The summed E-state index contributed by atoms with van der Waals surface area (Å²) in [4.78, 5) is 38.8. The number of aromatic nitrogens is 1. The molecule has 9 nitrogen and oxygen atoms in total. The second kappa shape index (κ2) is 9.76. The fourth-order valence-electron chi connectivity index (χ4n) is 4.01. The van der Waals surface area contributed by atoms with Crippen molar-refractivity contribution in [2.45, 2.75) is 13.8 Å². The van der Waals surface area contributed by atoms with Gasteiger partial charge < -0.3 is 24.7 Å². The molecule has 1 aliphatic rings. The summed E-state index contributed by atoms with van der Waals surface area (Å²) in [5.41, 5.74) is 4.15. The Morgan fingerprint density at radius 3 is 2.43 bits per heavy atom. The zero-order valence-electron chi connectivity index (χ0n) is 19.9. The van der Waals surface area contributed by atoms with Crippen molar-refractivity contribution in [2.75, 3.05) is 26.1 Å². The molecule has 1 aliphatic heterocycles. The van der Waals surface area contributed by atoms with Gasteiger partial charge in [-0.2, -0.15) is 0 Å². The Morgan fingerprint density at radius 2 is 1.74 bits per heavy atom. The van der Waals surface area contributed by atoms with Gasteiger partial charge in [-0.15, -0.1) is 0 Å². The molecule has 0 bridgehead atoms. The third-order valence-electron chi connectivity index (χ3n) is 5.75. The number of anilines is 1. The first-order valence-corrected chi connectivity index (χ1v) is 10.9. The Bertz CT molecular complexity index is 1320. The lowest BCUT2D eigenvalue weighted by Gasteiger charge is -2.13. The maximum atomic E-state index is 12.9. The molecule has 0 spiro atoms. The van der Waals surface area contributed by atoms with Crippen LogP contribution in [0.25, 0.3) is 11.8 Å². The van der Waals surface area contributed by atoms with Gasteiger partial charge in [0.05, 0.1) is 19.9 Å². The molecule has 2 aromatic carbocycles. The average molecular weight is 475 g/mol. The predicted octanol–water partition coefficient (Wildman–Crippen LogP) is 3.64. The summed E-state index contributed by atoms with van der Waals surface area (Å²) in [6, 6.07) is 15.8. The molecule has 0 unspecified atom stereocenters. The van der Waals surface area contributed by atoms with Crippen LogP contribution >= 0.6 is 0 Å². The Morgan fingerprint density at radius 1 is 1.03 bits per heavy atom. The van der Waals surface area contributed by atoms with Gasteiger partial charge in [-0.25, -0.2) is 9.69 Å². The van der Waals surface area contributed by atoms with Crippen molar-refractivity contribution in [3.63, 3.8) is 0 Å². The third kappa shape index (κ3) is 4.74. The Hall–Kier alpha value is -4.53. The molecule has 3 aromatic rings. The monoisotopic (exact) mass is 474 g/mol. The first kappa shape index (κ1) is 23.6. The number of aryl methyl sites for hydroxylation is 1. The number of carbonyl (C=O) groups is 3. The number of carbonyl (C=O) groups excluding carboxylic acids is 3. The number of hydrogen-bond acceptors (Lipinski definition) is 5. The molecule has 1 saturated heterocycles. The lowest BCUT2D eigenvalue weighted by atomic mass is 10.2. The number of para-hydroxylation sites is 2. The maximum absolute atomic E-state index is 12.9. The summed E-state index contributed by atoms with van der Waals surface area (Å²) >= 11 is 0. The minimum absolute atomic E-state index is 0.107. The summed E-state index contributed by atoms with van der Waals surface area (Å²) < 4.78 is 12.5. The number of rotatable bonds is 7. The van der Waals surface area contributed by atoms with E-state index in [0.717, 1.165) is 33.3 Å². The second-order valence-electron chi connectivity index (χ2n) is 7.99. The molecule has 0 radical (unpaired) electrons. The minimum atomic E-state index is -0.652. The van der Waals surface area contributed by atoms with Crippen molar-refractivity contribution in [3.8, 4) is 17.2 Å². The highest BCUT2D eigenvalue weighted by atomic mass is 16.5. The van der Waals surface area contributed by atoms with Gasteiger partial charge in [-0.05, 0) is 68.0 Å². The highest BCUT2D eigenvalue weighted by Crippen LogP contribution is 2.26. The number of ether oxygens (including phenoxy) is 2. The normalized spacial score (nSPS) is 14.3. The van der Waals surface area contributed by atoms with Crippen molar-refractivity contribution in [3.05, 3.63) is 77.2 Å². The average Bonchev–Trinajstić information content (AvgIpc) is 3.28. The van der Waals surface area contributed by atoms with E-state index in [1.807, 2.05) is 48.7 Å². The number of benzene rings is 2. The fourth-order valence-corrected chi connectivity index (χ4v) is 4.01. The van der Waals surface area contributed by atoms with Crippen molar-refractivity contribution in [1.29, 1.82) is 0 Å². The van der Waals surface area contributed by atoms with E-state index in [9.17, 15) is 14.4 Å². The first-order chi connectivity index (χ1) is 16.8. The van der Waals surface area contributed by atoms with Gasteiger partial charge in [0.15, 0.2) is 0 Å². The zero-order chi connectivity index (χ0) is 25.1.